The van der Waals surface area contributed by atoms with Crippen LogP contribution in [0, 0.1) is 5.82 Å². The smallest absolute Gasteiger partial charge is 0.344 e. The number of halogens is 3. The van der Waals surface area contributed by atoms with E-state index in [1.54, 1.807) is 30.3 Å². The average Bonchev–Trinajstić information content (AvgIpc) is 3.37. The van der Waals surface area contributed by atoms with Gasteiger partial charge in [-0.2, -0.15) is 5.10 Å². The zero-order valence-electron chi connectivity index (χ0n) is 20.1. The fraction of sp³-hybridized carbons (Fsp3) is 0.280. The van der Waals surface area contributed by atoms with Gasteiger partial charge in [0.1, 0.15) is 11.9 Å². The molecule has 10 nitrogen and oxygen atoms in total. The molecule has 2 aromatic heterocycles. The first-order valence-corrected chi connectivity index (χ1v) is 12.3. The molecule has 0 aliphatic carbocycles. The number of nitrogens with two attached hydrogens (primary N) is 1. The lowest BCUT2D eigenvalue weighted by Crippen LogP contribution is -2.32. The summed E-state index contributed by atoms with van der Waals surface area (Å²) < 4.78 is 21.8. The van der Waals surface area contributed by atoms with Crippen molar-refractivity contribution in [2.24, 2.45) is 0 Å². The number of benzene rings is 1. The first kappa shape index (κ1) is 27.2. The zero-order chi connectivity index (χ0) is 27.6. The lowest BCUT2D eigenvalue weighted by atomic mass is 10.1. The third-order valence-electron chi connectivity index (χ3n) is 6.25. The molecule has 4 N–H and O–H groups in total. The van der Waals surface area contributed by atoms with E-state index in [0.29, 0.717) is 37.1 Å². The first-order chi connectivity index (χ1) is 18.0. The molecular formula is C25H24Cl2FN5O5. The minimum atomic E-state index is -1.48. The van der Waals surface area contributed by atoms with E-state index in [2.05, 4.69) is 10.1 Å². The van der Waals surface area contributed by atoms with Crippen LogP contribution < -0.4 is 10.5 Å². The first-order valence-electron chi connectivity index (χ1n) is 11.6. The highest BCUT2D eigenvalue weighted by Crippen LogP contribution is 2.37. The molecule has 13 heteroatoms. The Labute approximate surface area is 227 Å². The van der Waals surface area contributed by atoms with E-state index in [1.165, 1.54) is 18.3 Å². The number of nitrogens with zero attached hydrogens (tertiary/aromatic N) is 4. The van der Waals surface area contributed by atoms with Crippen molar-refractivity contribution in [1.29, 1.82) is 0 Å². The quantitative estimate of drug-likeness (QED) is 0.152. The highest BCUT2D eigenvalue weighted by atomic mass is 35.5. The van der Waals surface area contributed by atoms with Crippen molar-refractivity contribution in [3.8, 4) is 16.9 Å². The summed E-state index contributed by atoms with van der Waals surface area (Å²) in [6, 6.07) is 4.33. The molecule has 0 spiro atoms. The van der Waals surface area contributed by atoms with Gasteiger partial charge in [0, 0.05) is 53.4 Å². The Hall–Kier alpha value is -3.83. The third-order valence-corrected chi connectivity index (χ3v) is 6.97. The van der Waals surface area contributed by atoms with Gasteiger partial charge in [-0.3, -0.25) is 4.68 Å². The molecule has 4 rings (SSSR count). The number of carboxylic acids is 2. The number of aliphatic carboxylic acids is 2. The lowest BCUT2D eigenvalue weighted by molar-refractivity contribution is -0.140. The second-order valence-electron chi connectivity index (χ2n) is 8.75. The van der Waals surface area contributed by atoms with Crippen LogP contribution >= 0.6 is 23.2 Å². The van der Waals surface area contributed by atoms with Crippen LogP contribution in [0.1, 0.15) is 37.5 Å². The number of anilines is 1. The van der Waals surface area contributed by atoms with Crippen LogP contribution in [-0.4, -0.2) is 54.9 Å². The van der Waals surface area contributed by atoms with E-state index in [0.717, 1.165) is 5.56 Å². The molecule has 1 aromatic carbocycles. The van der Waals surface area contributed by atoms with E-state index >= 15 is 0 Å². The maximum Gasteiger partial charge on any atom is 0.344 e. The number of likely N-dealkylation sites (tertiary alicyclic amines) is 1. The number of rotatable bonds is 8. The average molecular weight is 564 g/mol. The second-order valence-corrected chi connectivity index (χ2v) is 9.54. The van der Waals surface area contributed by atoms with Gasteiger partial charge in [0.2, 0.25) is 0 Å². The maximum absolute atomic E-state index is 14.0. The number of carboxylic acid groups (broad SMARTS) is 2. The van der Waals surface area contributed by atoms with Gasteiger partial charge in [0.25, 0.3) is 0 Å². The van der Waals surface area contributed by atoms with Crippen LogP contribution in [0.3, 0.4) is 0 Å². The molecule has 38 heavy (non-hydrogen) atoms. The number of piperidine rings is 1. The Balaban J connectivity index is 1.47. The molecule has 0 radical (unpaired) electrons. The van der Waals surface area contributed by atoms with Gasteiger partial charge in [-0.05, 0) is 38.0 Å². The molecule has 0 saturated carbocycles. The van der Waals surface area contributed by atoms with Gasteiger partial charge in [0.15, 0.2) is 17.1 Å². The number of hydrogen-bond donors (Lipinski definition) is 3. The summed E-state index contributed by atoms with van der Waals surface area (Å²) in [7, 11) is 0. The molecule has 1 fully saturated rings. The van der Waals surface area contributed by atoms with Gasteiger partial charge in [-0.25, -0.2) is 19.0 Å². The van der Waals surface area contributed by atoms with E-state index < -0.39 is 29.4 Å². The van der Waals surface area contributed by atoms with Crippen LogP contribution in [0.5, 0.6) is 5.75 Å². The van der Waals surface area contributed by atoms with Crippen molar-refractivity contribution in [3.05, 3.63) is 70.0 Å². The minimum Gasteiger partial charge on any atom is -0.482 e. The number of carbonyl (C=O) groups is 2. The number of ether oxygens (including phenoxy) is 1. The van der Waals surface area contributed by atoms with Crippen molar-refractivity contribution in [2.45, 2.75) is 31.9 Å². The van der Waals surface area contributed by atoms with Gasteiger partial charge in [-0.15, -0.1) is 0 Å². The zero-order valence-corrected chi connectivity index (χ0v) is 21.7. The molecule has 1 saturated heterocycles. The lowest BCUT2D eigenvalue weighted by Gasteiger charge is -2.31. The Morgan fingerprint density at radius 1 is 1.18 bits per heavy atom. The number of nitrogen functional groups attached to an aromatic ring is 1. The van der Waals surface area contributed by atoms with E-state index in [-0.39, 0.29) is 27.7 Å². The Morgan fingerprint density at radius 2 is 1.87 bits per heavy atom. The molecule has 1 unspecified atom stereocenters. The summed E-state index contributed by atoms with van der Waals surface area (Å²) in [5.74, 6) is -3.16. The molecule has 200 valence electrons. The van der Waals surface area contributed by atoms with Gasteiger partial charge >= 0.3 is 11.9 Å². The fourth-order valence-corrected chi connectivity index (χ4v) is 4.90. The van der Waals surface area contributed by atoms with Crippen molar-refractivity contribution in [2.75, 3.05) is 18.8 Å². The third kappa shape index (κ3) is 5.84. The van der Waals surface area contributed by atoms with Crippen molar-refractivity contribution < 1.29 is 28.9 Å². The van der Waals surface area contributed by atoms with Gasteiger partial charge < -0.3 is 25.6 Å². The molecule has 1 atom stereocenters. The Bertz CT molecular complexity index is 1390. The number of pyridine rings is 1. The molecule has 1 aliphatic heterocycles. The van der Waals surface area contributed by atoms with Crippen LogP contribution in [0.4, 0.5) is 10.2 Å². The van der Waals surface area contributed by atoms with Gasteiger partial charge in [-0.1, -0.05) is 23.2 Å². The normalized spacial score (nSPS) is 14.7. The number of hydrogen-bond acceptors (Lipinski definition) is 7. The van der Waals surface area contributed by atoms with Crippen molar-refractivity contribution in [1.82, 2.24) is 19.7 Å². The molecule has 3 heterocycles. The van der Waals surface area contributed by atoms with Crippen LogP contribution in [0.2, 0.25) is 10.0 Å². The highest BCUT2D eigenvalue weighted by molar-refractivity contribution is 6.36. The van der Waals surface area contributed by atoms with Crippen LogP contribution in [0.15, 0.2) is 48.6 Å². The topological polar surface area (TPSA) is 144 Å². The summed E-state index contributed by atoms with van der Waals surface area (Å²) in [6.07, 6.45) is 6.87. The number of aromatic nitrogens is 3. The van der Waals surface area contributed by atoms with E-state index in [4.69, 9.17) is 43.9 Å². The molecular weight excluding hydrogens is 540 g/mol. The summed E-state index contributed by atoms with van der Waals surface area (Å²) in [5.41, 5.74) is 7.11. The Morgan fingerprint density at radius 3 is 2.53 bits per heavy atom. The predicted octanol–water partition coefficient (Wildman–Crippen LogP) is 4.80. The molecule has 0 amide bonds. The van der Waals surface area contributed by atoms with E-state index in [9.17, 15) is 14.0 Å². The standard InChI is InChI=1S/C25H24Cl2FN5O5/c1-13(21-18(26)2-3-19(28)22(21)27)38-20-8-14(9-30-23(20)29)15-10-31-33(11-15)16-4-6-32(7-5-16)12-17(24(34)35)25(36)37/h2-3,8-13,16H,4-7H2,1H3,(H2,29,30)(H,34,35)(H,36,37). The van der Waals surface area contributed by atoms with Crippen molar-refractivity contribution in [3.63, 3.8) is 0 Å². The largest absolute Gasteiger partial charge is 0.482 e. The predicted molar refractivity (Wildman–Crippen MR) is 139 cm³/mol. The minimum absolute atomic E-state index is 0.0428. The van der Waals surface area contributed by atoms with E-state index in [1.807, 2.05) is 10.9 Å². The van der Waals surface area contributed by atoms with Crippen LogP contribution in [-0.2, 0) is 9.59 Å². The summed E-state index contributed by atoms with van der Waals surface area (Å²) in [4.78, 5) is 28.1. The highest BCUT2D eigenvalue weighted by Gasteiger charge is 2.24. The summed E-state index contributed by atoms with van der Waals surface area (Å²) in [6.45, 7) is 2.64. The molecule has 0 bridgehead atoms. The molecule has 1 aliphatic rings. The SMILES string of the molecule is CC(Oc1cc(-c2cnn(C3CCN(C=C(C(=O)O)C(=O)O)CC3)c2)cnc1N)c1c(Cl)ccc(F)c1Cl. The Kier molecular flexibility index (Phi) is 8.08. The van der Waals surface area contributed by atoms with Crippen molar-refractivity contribution >= 4 is 41.0 Å². The fourth-order valence-electron chi connectivity index (χ4n) is 4.22. The monoisotopic (exact) mass is 563 g/mol. The van der Waals surface area contributed by atoms with Crippen LogP contribution in [0.25, 0.3) is 11.1 Å². The molecule has 3 aromatic rings. The second kappa shape index (κ2) is 11.3. The summed E-state index contributed by atoms with van der Waals surface area (Å²) >= 11 is 12.3. The maximum atomic E-state index is 14.0. The summed E-state index contributed by atoms with van der Waals surface area (Å²) in [5, 5.41) is 22.7. The van der Waals surface area contributed by atoms with Gasteiger partial charge in [0.05, 0.1) is 17.3 Å².